The van der Waals surface area contributed by atoms with E-state index in [0.29, 0.717) is 18.5 Å². The molecule has 2 aromatic rings. The van der Waals surface area contributed by atoms with Crippen molar-refractivity contribution in [2.75, 3.05) is 6.54 Å². The van der Waals surface area contributed by atoms with Crippen molar-refractivity contribution >= 4 is 5.69 Å². The first-order valence-electron chi connectivity index (χ1n) is 6.44. The van der Waals surface area contributed by atoms with Crippen LogP contribution in [0.2, 0.25) is 0 Å². The van der Waals surface area contributed by atoms with Gasteiger partial charge in [-0.1, -0.05) is 12.1 Å². The second-order valence-corrected chi connectivity index (χ2v) is 4.59. The van der Waals surface area contributed by atoms with Gasteiger partial charge in [-0.25, -0.2) is 8.78 Å². The van der Waals surface area contributed by atoms with Crippen molar-refractivity contribution in [2.24, 2.45) is 0 Å². The fraction of sp³-hybridized carbons (Fsp3) is 0.200. The lowest BCUT2D eigenvalue weighted by Crippen LogP contribution is -2.17. The van der Waals surface area contributed by atoms with Crippen LogP contribution in [-0.4, -0.2) is 11.5 Å². The molecule has 0 atom stereocenters. The standard InChI is InChI=1S/C15H14F2N2O2/c16-13-3-1-2-11(8-13)6-7-18-10-12-9-14(17)4-5-15(12)19(20)21/h1-5,8-9,18H,6-7,10H2. The van der Waals surface area contributed by atoms with E-state index in [1.54, 1.807) is 12.1 Å². The highest BCUT2D eigenvalue weighted by molar-refractivity contribution is 5.40. The molecule has 0 aromatic heterocycles. The van der Waals surface area contributed by atoms with E-state index in [9.17, 15) is 18.9 Å². The number of nitrogens with zero attached hydrogens (tertiary/aromatic N) is 1. The van der Waals surface area contributed by atoms with Gasteiger partial charge in [-0.05, 0) is 42.8 Å². The summed E-state index contributed by atoms with van der Waals surface area (Å²) in [5.41, 5.74) is 1.00. The highest BCUT2D eigenvalue weighted by atomic mass is 19.1. The lowest BCUT2D eigenvalue weighted by molar-refractivity contribution is -0.385. The van der Waals surface area contributed by atoms with Gasteiger partial charge < -0.3 is 5.32 Å². The van der Waals surface area contributed by atoms with Gasteiger partial charge in [0.25, 0.3) is 5.69 Å². The molecule has 6 heteroatoms. The summed E-state index contributed by atoms with van der Waals surface area (Å²) in [6, 6.07) is 9.59. The summed E-state index contributed by atoms with van der Waals surface area (Å²) in [6.45, 7) is 0.695. The zero-order valence-corrected chi connectivity index (χ0v) is 11.2. The molecule has 4 nitrogen and oxygen atoms in total. The van der Waals surface area contributed by atoms with Crippen LogP contribution in [0.5, 0.6) is 0 Å². The Morgan fingerprint density at radius 3 is 2.57 bits per heavy atom. The summed E-state index contributed by atoms with van der Waals surface area (Å²) in [5, 5.41) is 13.8. The Hall–Kier alpha value is -2.34. The Morgan fingerprint density at radius 2 is 1.86 bits per heavy atom. The minimum Gasteiger partial charge on any atom is -0.312 e. The monoisotopic (exact) mass is 292 g/mol. The maximum Gasteiger partial charge on any atom is 0.274 e. The normalized spacial score (nSPS) is 10.6. The average molecular weight is 292 g/mol. The Labute approximate surface area is 120 Å². The van der Waals surface area contributed by atoms with Crippen LogP contribution in [-0.2, 0) is 13.0 Å². The molecule has 2 aromatic carbocycles. The average Bonchev–Trinajstić information content (AvgIpc) is 2.43. The molecule has 0 radical (unpaired) electrons. The highest BCUT2D eigenvalue weighted by Crippen LogP contribution is 2.19. The second kappa shape index (κ2) is 6.90. The number of nitro groups is 1. The summed E-state index contributed by atoms with van der Waals surface area (Å²) in [4.78, 5) is 10.3. The Bertz CT molecular complexity index is 647. The summed E-state index contributed by atoms with van der Waals surface area (Å²) in [6.07, 6.45) is 0.584. The molecule has 110 valence electrons. The zero-order valence-electron chi connectivity index (χ0n) is 11.2. The summed E-state index contributed by atoms with van der Waals surface area (Å²) < 4.78 is 26.1. The zero-order chi connectivity index (χ0) is 15.2. The molecule has 2 rings (SSSR count). The third kappa shape index (κ3) is 4.32. The van der Waals surface area contributed by atoms with E-state index >= 15 is 0 Å². The maximum atomic E-state index is 13.1. The molecule has 0 unspecified atom stereocenters. The first kappa shape index (κ1) is 15.1. The Morgan fingerprint density at radius 1 is 1.10 bits per heavy atom. The fourth-order valence-electron chi connectivity index (χ4n) is 2.02. The maximum absolute atomic E-state index is 13.1. The Balaban J connectivity index is 1.91. The first-order chi connectivity index (χ1) is 10.1. The minimum absolute atomic E-state index is 0.116. The van der Waals surface area contributed by atoms with Crippen molar-refractivity contribution in [3.05, 3.63) is 75.3 Å². The number of hydrogen-bond acceptors (Lipinski definition) is 3. The van der Waals surface area contributed by atoms with Gasteiger partial charge in [-0.2, -0.15) is 0 Å². The van der Waals surface area contributed by atoms with E-state index in [1.807, 2.05) is 0 Å². The van der Waals surface area contributed by atoms with Crippen LogP contribution in [0.1, 0.15) is 11.1 Å². The van der Waals surface area contributed by atoms with Crippen LogP contribution in [0.4, 0.5) is 14.5 Å². The molecule has 0 heterocycles. The van der Waals surface area contributed by atoms with Gasteiger partial charge in [0.1, 0.15) is 11.6 Å². The lowest BCUT2D eigenvalue weighted by Gasteiger charge is -2.06. The van der Waals surface area contributed by atoms with Gasteiger partial charge in [0, 0.05) is 18.2 Å². The van der Waals surface area contributed by atoms with Crippen LogP contribution in [0, 0.1) is 21.7 Å². The van der Waals surface area contributed by atoms with Crippen molar-refractivity contribution in [3.63, 3.8) is 0 Å². The predicted molar refractivity (Wildman–Crippen MR) is 74.9 cm³/mol. The van der Waals surface area contributed by atoms with Gasteiger partial charge in [-0.3, -0.25) is 10.1 Å². The number of halogens is 2. The van der Waals surface area contributed by atoms with E-state index in [-0.39, 0.29) is 18.0 Å². The SMILES string of the molecule is O=[N+]([O-])c1ccc(F)cc1CNCCc1cccc(F)c1. The summed E-state index contributed by atoms with van der Waals surface area (Å²) >= 11 is 0. The summed E-state index contributed by atoms with van der Waals surface area (Å²) in [7, 11) is 0. The van der Waals surface area contributed by atoms with Crippen LogP contribution >= 0.6 is 0 Å². The number of benzene rings is 2. The van der Waals surface area contributed by atoms with E-state index in [1.165, 1.54) is 12.1 Å². The van der Waals surface area contributed by atoms with Crippen molar-refractivity contribution in [1.82, 2.24) is 5.32 Å². The molecule has 1 N–H and O–H groups in total. The molecule has 0 bridgehead atoms. The van der Waals surface area contributed by atoms with E-state index in [4.69, 9.17) is 0 Å². The predicted octanol–water partition coefficient (Wildman–Crippen LogP) is 3.21. The second-order valence-electron chi connectivity index (χ2n) is 4.59. The van der Waals surface area contributed by atoms with Gasteiger partial charge in [0.2, 0.25) is 0 Å². The van der Waals surface area contributed by atoms with E-state index < -0.39 is 10.7 Å². The van der Waals surface area contributed by atoms with Gasteiger partial charge in [0.05, 0.1) is 4.92 Å². The van der Waals surface area contributed by atoms with Crippen molar-refractivity contribution in [3.8, 4) is 0 Å². The van der Waals surface area contributed by atoms with Crippen molar-refractivity contribution in [2.45, 2.75) is 13.0 Å². The van der Waals surface area contributed by atoms with Gasteiger partial charge >= 0.3 is 0 Å². The molecule has 0 amide bonds. The largest absolute Gasteiger partial charge is 0.312 e. The smallest absolute Gasteiger partial charge is 0.274 e. The number of rotatable bonds is 6. The van der Waals surface area contributed by atoms with Crippen molar-refractivity contribution in [1.29, 1.82) is 0 Å². The number of hydrogen-bond donors (Lipinski definition) is 1. The summed E-state index contributed by atoms with van der Waals surface area (Å²) in [5.74, 6) is -0.809. The topological polar surface area (TPSA) is 55.2 Å². The first-order valence-corrected chi connectivity index (χ1v) is 6.44. The fourth-order valence-corrected chi connectivity index (χ4v) is 2.02. The van der Waals surface area contributed by atoms with Crippen LogP contribution < -0.4 is 5.32 Å². The molecule has 0 aliphatic heterocycles. The molecule has 0 saturated carbocycles. The molecule has 21 heavy (non-hydrogen) atoms. The molecule has 0 spiro atoms. The minimum atomic E-state index is -0.539. The van der Waals surface area contributed by atoms with E-state index in [2.05, 4.69) is 5.32 Å². The van der Waals surface area contributed by atoms with Crippen LogP contribution in [0.25, 0.3) is 0 Å². The number of nitro benzene ring substituents is 1. The Kier molecular flexibility index (Phi) is 4.94. The van der Waals surface area contributed by atoms with Crippen molar-refractivity contribution < 1.29 is 13.7 Å². The molecule has 0 saturated heterocycles. The lowest BCUT2D eigenvalue weighted by atomic mass is 10.1. The molecule has 0 aliphatic rings. The van der Waals surface area contributed by atoms with Gasteiger partial charge in [-0.15, -0.1) is 0 Å². The molecular formula is C15H14F2N2O2. The van der Waals surface area contributed by atoms with Crippen LogP contribution in [0.15, 0.2) is 42.5 Å². The molecule has 0 fully saturated rings. The molecular weight excluding hydrogens is 278 g/mol. The molecule has 0 aliphatic carbocycles. The van der Waals surface area contributed by atoms with Crippen LogP contribution in [0.3, 0.4) is 0 Å². The third-order valence-corrected chi connectivity index (χ3v) is 3.03. The third-order valence-electron chi connectivity index (χ3n) is 3.03. The highest BCUT2D eigenvalue weighted by Gasteiger charge is 2.13. The van der Waals surface area contributed by atoms with Gasteiger partial charge in [0.15, 0.2) is 0 Å². The number of nitrogens with one attached hydrogen (secondary N) is 1. The van der Waals surface area contributed by atoms with E-state index in [0.717, 1.165) is 23.8 Å². The quantitative estimate of drug-likeness (QED) is 0.505.